The number of thiophene rings is 1. The van der Waals surface area contributed by atoms with Gasteiger partial charge in [-0.25, -0.2) is 4.68 Å². The van der Waals surface area contributed by atoms with Crippen LogP contribution in [-0.4, -0.2) is 24.5 Å². The van der Waals surface area contributed by atoms with Gasteiger partial charge in [0.05, 0.1) is 16.1 Å². The monoisotopic (exact) mass is 412 g/mol. The van der Waals surface area contributed by atoms with Gasteiger partial charge in [-0.05, 0) is 42.5 Å². The minimum atomic E-state index is 0.515. The van der Waals surface area contributed by atoms with E-state index in [9.17, 15) is 5.26 Å². The van der Waals surface area contributed by atoms with E-state index in [0.29, 0.717) is 11.4 Å². The molecule has 0 saturated heterocycles. The number of aromatic nitrogens is 5. The summed E-state index contributed by atoms with van der Waals surface area (Å²) < 4.78 is 3.97. The first kappa shape index (κ1) is 18.5. The maximum atomic E-state index is 9.95. The predicted molar refractivity (Wildman–Crippen MR) is 118 cm³/mol. The molecule has 0 saturated carbocycles. The van der Waals surface area contributed by atoms with Crippen molar-refractivity contribution >= 4 is 23.0 Å². The number of hydrogen-bond donors (Lipinski definition) is 0. The van der Waals surface area contributed by atoms with Crippen LogP contribution in [-0.2, 0) is 13.0 Å². The summed E-state index contributed by atoms with van der Waals surface area (Å²) in [6, 6.07) is 16.4. The van der Waals surface area contributed by atoms with Crippen LogP contribution in [0.5, 0.6) is 0 Å². The molecule has 0 atom stereocenters. The lowest BCUT2D eigenvalue weighted by Crippen LogP contribution is -2.05. The normalized spacial score (nSPS) is 14.2. The molecule has 7 heteroatoms. The standard InChI is InChI=1S/C23H20N6S/c24-15-17(23-26-25-21-11-5-2-6-12-28(21)23)14-18-16-29(19-8-3-1-4-9-19)27-22(18)20-10-7-13-30-20/h1,3-4,7-10,13-14,16H,2,5-6,11-12H2/b17-14+. The lowest BCUT2D eigenvalue weighted by Gasteiger charge is -2.05. The second-order valence-corrected chi connectivity index (χ2v) is 8.21. The zero-order valence-electron chi connectivity index (χ0n) is 16.4. The van der Waals surface area contributed by atoms with Crippen molar-refractivity contribution in [2.45, 2.75) is 32.2 Å². The minimum absolute atomic E-state index is 0.515. The van der Waals surface area contributed by atoms with Crippen molar-refractivity contribution in [3.8, 4) is 22.3 Å². The number of rotatable bonds is 4. The Morgan fingerprint density at radius 1 is 1.07 bits per heavy atom. The highest BCUT2D eigenvalue weighted by atomic mass is 32.1. The number of para-hydroxylation sites is 1. The van der Waals surface area contributed by atoms with Crippen molar-refractivity contribution in [1.29, 1.82) is 5.26 Å². The molecule has 148 valence electrons. The van der Waals surface area contributed by atoms with E-state index >= 15 is 0 Å². The Labute approximate surface area is 178 Å². The van der Waals surface area contributed by atoms with Gasteiger partial charge in [0.25, 0.3) is 0 Å². The zero-order valence-corrected chi connectivity index (χ0v) is 17.2. The number of hydrogen-bond acceptors (Lipinski definition) is 5. The minimum Gasteiger partial charge on any atom is -0.310 e. The zero-order chi connectivity index (χ0) is 20.3. The topological polar surface area (TPSA) is 72.3 Å². The van der Waals surface area contributed by atoms with Gasteiger partial charge in [0.2, 0.25) is 0 Å². The third-order valence-corrected chi connectivity index (χ3v) is 6.17. The van der Waals surface area contributed by atoms with E-state index < -0.39 is 0 Å². The Bertz CT molecular complexity index is 1220. The van der Waals surface area contributed by atoms with Crippen molar-refractivity contribution in [3.05, 3.63) is 71.3 Å². The largest absolute Gasteiger partial charge is 0.310 e. The van der Waals surface area contributed by atoms with Crippen LogP contribution in [0, 0.1) is 11.3 Å². The second-order valence-electron chi connectivity index (χ2n) is 7.26. The molecule has 5 rings (SSSR count). The van der Waals surface area contributed by atoms with Gasteiger partial charge < -0.3 is 4.57 Å². The van der Waals surface area contributed by atoms with Crippen LogP contribution in [0.25, 0.3) is 27.9 Å². The lowest BCUT2D eigenvalue weighted by atomic mass is 10.1. The quantitative estimate of drug-likeness (QED) is 0.443. The Balaban J connectivity index is 1.62. The van der Waals surface area contributed by atoms with Crippen LogP contribution < -0.4 is 0 Å². The number of aryl methyl sites for hydroxylation is 1. The fraction of sp³-hybridized carbons (Fsp3) is 0.217. The predicted octanol–water partition coefficient (Wildman–Crippen LogP) is 4.98. The van der Waals surface area contributed by atoms with Gasteiger partial charge in [0, 0.05) is 24.7 Å². The average Bonchev–Trinajstić information content (AvgIpc) is 3.50. The summed E-state index contributed by atoms with van der Waals surface area (Å²) in [5, 5.41) is 25.5. The van der Waals surface area contributed by atoms with E-state index in [2.05, 4.69) is 26.9 Å². The molecule has 0 N–H and O–H groups in total. The summed E-state index contributed by atoms with van der Waals surface area (Å²) in [5.74, 6) is 1.63. The van der Waals surface area contributed by atoms with E-state index in [1.54, 1.807) is 11.3 Å². The molecule has 3 aromatic heterocycles. The highest BCUT2D eigenvalue weighted by Crippen LogP contribution is 2.30. The maximum Gasteiger partial charge on any atom is 0.174 e. The average molecular weight is 413 g/mol. The smallest absolute Gasteiger partial charge is 0.174 e. The first-order valence-corrected chi connectivity index (χ1v) is 10.9. The molecular formula is C23H20N6S. The van der Waals surface area contributed by atoms with Gasteiger partial charge in [-0.2, -0.15) is 10.4 Å². The Morgan fingerprint density at radius 3 is 2.77 bits per heavy atom. The molecular weight excluding hydrogens is 392 g/mol. The number of allylic oxidation sites excluding steroid dienone is 1. The van der Waals surface area contributed by atoms with Gasteiger partial charge in [0.15, 0.2) is 5.82 Å². The van der Waals surface area contributed by atoms with Crippen LogP contribution in [0.15, 0.2) is 54.0 Å². The summed E-state index contributed by atoms with van der Waals surface area (Å²) in [5.41, 5.74) is 3.24. The van der Waals surface area contributed by atoms with Crippen LogP contribution in [0.1, 0.15) is 36.5 Å². The number of nitrogens with zero attached hydrogens (tertiary/aromatic N) is 6. The first-order valence-electron chi connectivity index (χ1n) is 10.1. The fourth-order valence-electron chi connectivity index (χ4n) is 3.80. The molecule has 0 radical (unpaired) electrons. The van der Waals surface area contributed by atoms with E-state index in [1.165, 1.54) is 6.42 Å². The van der Waals surface area contributed by atoms with Gasteiger partial charge >= 0.3 is 0 Å². The Kier molecular flexibility index (Phi) is 4.99. The van der Waals surface area contributed by atoms with Crippen molar-refractivity contribution < 1.29 is 0 Å². The van der Waals surface area contributed by atoms with Crippen molar-refractivity contribution in [2.75, 3.05) is 0 Å². The van der Waals surface area contributed by atoms with Crippen molar-refractivity contribution in [1.82, 2.24) is 24.5 Å². The molecule has 4 heterocycles. The van der Waals surface area contributed by atoms with Gasteiger partial charge in [0.1, 0.15) is 17.6 Å². The maximum absolute atomic E-state index is 9.95. The fourth-order valence-corrected chi connectivity index (χ4v) is 4.53. The van der Waals surface area contributed by atoms with Gasteiger partial charge in [-0.15, -0.1) is 21.5 Å². The molecule has 0 aliphatic carbocycles. The molecule has 4 aromatic rings. The molecule has 1 aromatic carbocycles. The lowest BCUT2D eigenvalue weighted by molar-refractivity contribution is 0.627. The summed E-state index contributed by atoms with van der Waals surface area (Å²) in [4.78, 5) is 1.06. The van der Waals surface area contributed by atoms with Crippen molar-refractivity contribution in [2.24, 2.45) is 0 Å². The molecule has 0 unspecified atom stereocenters. The second kappa shape index (κ2) is 8.09. The molecule has 0 bridgehead atoms. The van der Waals surface area contributed by atoms with E-state index in [1.807, 2.05) is 58.7 Å². The number of fused-ring (bicyclic) bond motifs is 1. The van der Waals surface area contributed by atoms with Crippen molar-refractivity contribution in [3.63, 3.8) is 0 Å². The molecule has 1 aliphatic rings. The molecule has 0 amide bonds. The molecule has 0 fully saturated rings. The Hall–Kier alpha value is -3.50. The third-order valence-electron chi connectivity index (χ3n) is 5.29. The van der Waals surface area contributed by atoms with E-state index in [4.69, 9.17) is 5.10 Å². The molecule has 30 heavy (non-hydrogen) atoms. The van der Waals surface area contributed by atoms with E-state index in [-0.39, 0.29) is 0 Å². The van der Waals surface area contributed by atoms with Crippen LogP contribution in [0.2, 0.25) is 0 Å². The van der Waals surface area contributed by atoms with Crippen LogP contribution >= 0.6 is 11.3 Å². The SMILES string of the molecule is N#C/C(=C\c1cn(-c2ccccc2)nc1-c1cccs1)c1nnc2n1CCCCC2. The number of benzene rings is 1. The number of nitriles is 1. The first-order chi connectivity index (χ1) is 14.8. The summed E-state index contributed by atoms with van der Waals surface area (Å²) in [7, 11) is 0. The summed E-state index contributed by atoms with van der Waals surface area (Å²) in [6.07, 6.45) is 8.17. The molecule has 6 nitrogen and oxygen atoms in total. The molecule has 1 aliphatic heterocycles. The third kappa shape index (κ3) is 3.46. The Morgan fingerprint density at radius 2 is 1.97 bits per heavy atom. The highest BCUT2D eigenvalue weighted by Gasteiger charge is 2.19. The van der Waals surface area contributed by atoms with Crippen LogP contribution in [0.4, 0.5) is 0 Å². The molecule has 0 spiro atoms. The van der Waals surface area contributed by atoms with Crippen LogP contribution in [0.3, 0.4) is 0 Å². The van der Waals surface area contributed by atoms with E-state index in [0.717, 1.165) is 53.5 Å². The summed E-state index contributed by atoms with van der Waals surface area (Å²) in [6.45, 7) is 0.859. The highest BCUT2D eigenvalue weighted by molar-refractivity contribution is 7.13. The van der Waals surface area contributed by atoms with Gasteiger partial charge in [-0.3, -0.25) is 0 Å². The van der Waals surface area contributed by atoms with Gasteiger partial charge in [-0.1, -0.05) is 30.7 Å². The summed E-state index contributed by atoms with van der Waals surface area (Å²) >= 11 is 1.64.